The number of ketones is 1. The predicted molar refractivity (Wildman–Crippen MR) is 101 cm³/mol. The molecule has 0 saturated carbocycles. The van der Waals surface area contributed by atoms with Gasteiger partial charge >= 0.3 is 0 Å². The van der Waals surface area contributed by atoms with Crippen LogP contribution >= 0.6 is 11.8 Å². The maximum Gasteiger partial charge on any atom is 0.173 e. The lowest BCUT2D eigenvalue weighted by atomic mass is 10.1. The molecule has 5 nitrogen and oxygen atoms in total. The van der Waals surface area contributed by atoms with E-state index in [-0.39, 0.29) is 11.5 Å². The van der Waals surface area contributed by atoms with Gasteiger partial charge < -0.3 is 9.47 Å². The third kappa shape index (κ3) is 3.63. The molecular weight excluding hydrogens is 348 g/mol. The van der Waals surface area contributed by atoms with Crippen LogP contribution in [-0.2, 0) is 0 Å². The van der Waals surface area contributed by atoms with E-state index >= 15 is 0 Å². The van der Waals surface area contributed by atoms with Crippen LogP contribution in [0.3, 0.4) is 0 Å². The fourth-order valence-electron chi connectivity index (χ4n) is 2.51. The normalized spacial score (nSPS) is 10.3. The van der Waals surface area contributed by atoms with Crippen molar-refractivity contribution in [1.82, 2.24) is 4.98 Å². The lowest BCUT2D eigenvalue weighted by Gasteiger charge is -2.10. The van der Waals surface area contributed by atoms with Crippen molar-refractivity contribution in [3.05, 3.63) is 59.7 Å². The largest absolute Gasteiger partial charge is 0.493 e. The highest BCUT2D eigenvalue weighted by Gasteiger charge is 2.14. The van der Waals surface area contributed by atoms with Gasteiger partial charge in [0.05, 0.1) is 31.1 Å². The molecule has 0 aliphatic carbocycles. The third-order valence-electron chi connectivity index (χ3n) is 3.84. The van der Waals surface area contributed by atoms with Crippen LogP contribution in [0.4, 0.5) is 0 Å². The van der Waals surface area contributed by atoms with Crippen molar-refractivity contribution in [2.75, 3.05) is 20.0 Å². The molecule has 0 radical (unpaired) electrons. The number of carbonyl (C=O) groups excluding carboxylic acids is 1. The van der Waals surface area contributed by atoms with Crippen LogP contribution in [0.1, 0.15) is 15.9 Å². The standard InChI is InChI=1S/C20H16N2O3S/c1-24-18-9-14-8-15(11-21)20(22-16(14)10-19(18)25-2)26-12-17(23)13-6-4-3-5-7-13/h3-10H,12H2,1-2H3. The van der Waals surface area contributed by atoms with Crippen molar-refractivity contribution >= 4 is 28.4 Å². The first-order valence-electron chi connectivity index (χ1n) is 7.84. The van der Waals surface area contributed by atoms with Crippen molar-refractivity contribution in [2.24, 2.45) is 0 Å². The van der Waals surface area contributed by atoms with E-state index in [9.17, 15) is 10.1 Å². The number of hydrogen-bond donors (Lipinski definition) is 0. The van der Waals surface area contributed by atoms with Gasteiger partial charge in [-0.25, -0.2) is 4.98 Å². The number of thioether (sulfide) groups is 1. The molecule has 26 heavy (non-hydrogen) atoms. The highest BCUT2D eigenvalue weighted by molar-refractivity contribution is 8.00. The average molecular weight is 364 g/mol. The number of methoxy groups -OCH3 is 2. The lowest BCUT2D eigenvalue weighted by Crippen LogP contribution is -2.03. The zero-order valence-corrected chi connectivity index (χ0v) is 15.2. The van der Waals surface area contributed by atoms with Gasteiger partial charge in [-0.2, -0.15) is 5.26 Å². The van der Waals surface area contributed by atoms with Gasteiger partial charge in [0.1, 0.15) is 11.1 Å². The third-order valence-corrected chi connectivity index (χ3v) is 4.83. The average Bonchev–Trinajstić information content (AvgIpc) is 2.70. The molecule has 0 aliphatic rings. The summed E-state index contributed by atoms with van der Waals surface area (Å²) >= 11 is 1.26. The van der Waals surface area contributed by atoms with E-state index in [2.05, 4.69) is 11.1 Å². The van der Waals surface area contributed by atoms with Gasteiger partial charge in [-0.1, -0.05) is 42.1 Å². The number of Topliss-reactive ketones (excluding diaryl/α,β-unsaturated/α-hetero) is 1. The second kappa shape index (κ2) is 7.89. The Kier molecular flexibility index (Phi) is 5.40. The van der Waals surface area contributed by atoms with Crippen LogP contribution in [0.25, 0.3) is 10.9 Å². The molecule has 6 heteroatoms. The minimum Gasteiger partial charge on any atom is -0.493 e. The molecule has 1 heterocycles. The maximum absolute atomic E-state index is 12.3. The summed E-state index contributed by atoms with van der Waals surface area (Å²) in [6, 6.07) is 16.5. The van der Waals surface area contributed by atoms with E-state index in [0.29, 0.717) is 33.2 Å². The number of nitrogens with zero attached hydrogens (tertiary/aromatic N) is 2. The molecule has 0 bridgehead atoms. The van der Waals surface area contributed by atoms with Crippen molar-refractivity contribution in [3.8, 4) is 17.6 Å². The molecule has 0 amide bonds. The molecule has 2 aromatic carbocycles. The number of aromatic nitrogens is 1. The van der Waals surface area contributed by atoms with E-state index in [0.717, 1.165) is 5.39 Å². The molecule has 3 rings (SSSR count). The molecule has 0 N–H and O–H groups in total. The Balaban J connectivity index is 1.92. The van der Waals surface area contributed by atoms with Crippen LogP contribution in [-0.4, -0.2) is 30.7 Å². The molecule has 3 aromatic rings. The second-order valence-electron chi connectivity index (χ2n) is 5.43. The fraction of sp³-hybridized carbons (Fsp3) is 0.150. The number of carbonyl (C=O) groups is 1. The van der Waals surface area contributed by atoms with Gasteiger partial charge in [-0.15, -0.1) is 0 Å². The highest BCUT2D eigenvalue weighted by atomic mass is 32.2. The summed E-state index contributed by atoms with van der Waals surface area (Å²) in [6.45, 7) is 0. The Labute approximate surface area is 155 Å². The van der Waals surface area contributed by atoms with Gasteiger partial charge in [-0.3, -0.25) is 4.79 Å². The summed E-state index contributed by atoms with van der Waals surface area (Å²) in [5.41, 5.74) is 1.75. The first-order chi connectivity index (χ1) is 12.7. The van der Waals surface area contributed by atoms with E-state index in [4.69, 9.17) is 9.47 Å². The van der Waals surface area contributed by atoms with Gasteiger partial charge in [0.25, 0.3) is 0 Å². The van der Waals surface area contributed by atoms with Crippen molar-refractivity contribution < 1.29 is 14.3 Å². The predicted octanol–water partition coefficient (Wildman–Crippen LogP) is 4.10. The van der Waals surface area contributed by atoms with Crippen molar-refractivity contribution in [1.29, 1.82) is 5.26 Å². The SMILES string of the molecule is COc1cc2cc(C#N)c(SCC(=O)c3ccccc3)nc2cc1OC. The molecule has 0 spiro atoms. The van der Waals surface area contributed by atoms with Crippen LogP contribution in [0, 0.1) is 11.3 Å². The van der Waals surface area contributed by atoms with E-state index < -0.39 is 0 Å². The number of pyridine rings is 1. The summed E-state index contributed by atoms with van der Waals surface area (Å²) in [4.78, 5) is 16.8. The van der Waals surface area contributed by atoms with Crippen LogP contribution < -0.4 is 9.47 Å². The van der Waals surface area contributed by atoms with Crippen LogP contribution in [0.5, 0.6) is 11.5 Å². The first-order valence-corrected chi connectivity index (χ1v) is 8.82. The molecule has 0 unspecified atom stereocenters. The number of benzene rings is 2. The zero-order chi connectivity index (χ0) is 18.5. The Morgan fingerprint density at radius 2 is 1.81 bits per heavy atom. The fourth-order valence-corrected chi connectivity index (χ4v) is 3.37. The Hall–Kier alpha value is -3.04. The monoisotopic (exact) mass is 364 g/mol. The van der Waals surface area contributed by atoms with Gasteiger partial charge in [-0.05, 0) is 12.1 Å². The highest BCUT2D eigenvalue weighted by Crippen LogP contribution is 2.33. The molecule has 0 fully saturated rings. The Morgan fingerprint density at radius 3 is 2.46 bits per heavy atom. The van der Waals surface area contributed by atoms with Crippen LogP contribution in [0.15, 0.2) is 53.6 Å². The van der Waals surface area contributed by atoms with Crippen molar-refractivity contribution in [2.45, 2.75) is 5.03 Å². The quantitative estimate of drug-likeness (QED) is 0.484. The van der Waals surface area contributed by atoms with Crippen LogP contribution in [0.2, 0.25) is 0 Å². The number of nitriles is 1. The number of rotatable bonds is 6. The second-order valence-corrected chi connectivity index (χ2v) is 6.39. The maximum atomic E-state index is 12.3. The Morgan fingerprint density at radius 1 is 1.12 bits per heavy atom. The lowest BCUT2D eigenvalue weighted by molar-refractivity contribution is 0.102. The number of hydrogen-bond acceptors (Lipinski definition) is 6. The van der Waals surface area contributed by atoms with E-state index in [1.807, 2.05) is 18.2 Å². The summed E-state index contributed by atoms with van der Waals surface area (Å²) < 4.78 is 10.6. The van der Waals surface area contributed by atoms with E-state index in [1.54, 1.807) is 44.6 Å². The molecule has 0 atom stereocenters. The molecule has 1 aromatic heterocycles. The Bertz CT molecular complexity index is 997. The van der Waals surface area contributed by atoms with Gasteiger partial charge in [0.15, 0.2) is 17.3 Å². The minimum absolute atomic E-state index is 0.00583. The van der Waals surface area contributed by atoms with Gasteiger partial charge in [0.2, 0.25) is 0 Å². The summed E-state index contributed by atoms with van der Waals surface area (Å²) in [5, 5.41) is 10.7. The van der Waals surface area contributed by atoms with E-state index in [1.165, 1.54) is 11.8 Å². The number of ether oxygens (including phenoxy) is 2. The smallest absolute Gasteiger partial charge is 0.173 e. The minimum atomic E-state index is -0.00583. The molecule has 0 aliphatic heterocycles. The molecular formula is C20H16N2O3S. The topological polar surface area (TPSA) is 72.2 Å². The first kappa shape index (κ1) is 17.8. The van der Waals surface area contributed by atoms with Crippen molar-refractivity contribution in [3.63, 3.8) is 0 Å². The summed E-state index contributed by atoms with van der Waals surface area (Å²) in [5.74, 6) is 1.34. The van der Waals surface area contributed by atoms with Gasteiger partial charge in [0, 0.05) is 17.0 Å². The zero-order valence-electron chi connectivity index (χ0n) is 14.4. The summed E-state index contributed by atoms with van der Waals surface area (Å²) in [6.07, 6.45) is 0. The summed E-state index contributed by atoms with van der Waals surface area (Å²) in [7, 11) is 3.11. The molecule has 0 saturated heterocycles. The number of fused-ring (bicyclic) bond motifs is 1. The molecule has 130 valence electrons.